The van der Waals surface area contributed by atoms with Crippen LogP contribution in [0.15, 0.2) is 49.4 Å². The van der Waals surface area contributed by atoms with Gasteiger partial charge in [0.15, 0.2) is 5.52 Å². The molecular weight excluding hydrogens is 238 g/mol. The molecular formula is C14H10N5+. The molecule has 4 aromatic heterocycles. The number of hydrogen-bond donors (Lipinski definition) is 0. The summed E-state index contributed by atoms with van der Waals surface area (Å²) >= 11 is 0. The summed E-state index contributed by atoms with van der Waals surface area (Å²) in [5.74, 6) is 1.16. The Bertz CT molecular complexity index is 947. The molecule has 0 atom stereocenters. The van der Waals surface area contributed by atoms with E-state index in [1.165, 1.54) is 16.8 Å². The molecule has 0 fully saturated rings. The van der Waals surface area contributed by atoms with Crippen molar-refractivity contribution in [3.05, 3.63) is 55.0 Å². The predicted molar refractivity (Wildman–Crippen MR) is 68.7 cm³/mol. The van der Waals surface area contributed by atoms with Crippen LogP contribution in [0.4, 0.5) is 0 Å². The van der Waals surface area contributed by atoms with Crippen molar-refractivity contribution in [2.75, 3.05) is 0 Å². The van der Waals surface area contributed by atoms with Crippen molar-refractivity contribution in [2.45, 2.75) is 6.54 Å². The van der Waals surface area contributed by atoms with Crippen molar-refractivity contribution < 1.29 is 4.40 Å². The van der Waals surface area contributed by atoms with E-state index in [4.69, 9.17) is 0 Å². The van der Waals surface area contributed by atoms with Gasteiger partial charge in [-0.1, -0.05) is 0 Å². The van der Waals surface area contributed by atoms with Crippen LogP contribution in [-0.4, -0.2) is 18.9 Å². The minimum atomic E-state index is 0.878. The van der Waals surface area contributed by atoms with Gasteiger partial charge in [-0.15, -0.1) is 0 Å². The molecule has 0 bridgehead atoms. The van der Waals surface area contributed by atoms with E-state index in [9.17, 15) is 0 Å². The summed E-state index contributed by atoms with van der Waals surface area (Å²) in [6.07, 6.45) is 13.8. The van der Waals surface area contributed by atoms with Crippen LogP contribution in [0.2, 0.25) is 0 Å². The maximum absolute atomic E-state index is 4.21. The molecule has 0 saturated heterocycles. The number of imidazole rings is 2. The molecule has 19 heavy (non-hydrogen) atoms. The van der Waals surface area contributed by atoms with Gasteiger partial charge in [-0.25, -0.2) is 8.97 Å². The average molecular weight is 248 g/mol. The summed E-state index contributed by atoms with van der Waals surface area (Å²) in [6.45, 7) is 0.878. The van der Waals surface area contributed by atoms with Crippen LogP contribution < -0.4 is 4.40 Å². The number of rotatable bonds is 0. The van der Waals surface area contributed by atoms with E-state index in [1.54, 1.807) is 0 Å². The fourth-order valence-electron chi connectivity index (χ4n) is 2.99. The zero-order valence-electron chi connectivity index (χ0n) is 10.1. The maximum Gasteiger partial charge on any atom is 0.375 e. The first-order valence-electron chi connectivity index (χ1n) is 6.21. The monoisotopic (exact) mass is 248 g/mol. The summed E-state index contributed by atoms with van der Waals surface area (Å²) in [6, 6.07) is 2.09. The number of aromatic nitrogens is 5. The summed E-state index contributed by atoms with van der Waals surface area (Å²) in [5.41, 5.74) is 4.91. The van der Waals surface area contributed by atoms with E-state index in [0.29, 0.717) is 0 Å². The predicted octanol–water partition coefficient (Wildman–Crippen LogP) is 1.30. The molecule has 0 aliphatic carbocycles. The standard InChI is InChI=1S/C14H10N5/c1-2-15-5-10-7-19-13(12(1)10)9-17-8-11-6-16-3-4-18(11)14(17)19/h1-6,8-9H,7H2/q+1. The number of hydrogen-bond acceptors (Lipinski definition) is 2. The topological polar surface area (TPSA) is 39.2 Å². The molecule has 1 aliphatic rings. The zero-order valence-corrected chi connectivity index (χ0v) is 10.1. The molecule has 5 heteroatoms. The lowest BCUT2D eigenvalue weighted by Crippen LogP contribution is -2.16. The molecule has 0 aromatic carbocycles. The summed E-state index contributed by atoms with van der Waals surface area (Å²) in [4.78, 5) is 8.38. The normalized spacial score (nSPS) is 13.1. The average Bonchev–Trinajstić information content (AvgIpc) is 3.05. The first kappa shape index (κ1) is 9.27. The molecule has 1 aliphatic heterocycles. The second-order valence-corrected chi connectivity index (χ2v) is 4.84. The molecule has 0 unspecified atom stereocenters. The summed E-state index contributed by atoms with van der Waals surface area (Å²) in [7, 11) is 0. The van der Waals surface area contributed by atoms with Crippen molar-refractivity contribution in [3.8, 4) is 11.3 Å². The third-order valence-corrected chi connectivity index (χ3v) is 3.81. The number of nitrogens with zero attached hydrogens (tertiary/aromatic N) is 5. The molecule has 5 heterocycles. The fourth-order valence-corrected chi connectivity index (χ4v) is 2.99. The van der Waals surface area contributed by atoms with Crippen molar-refractivity contribution in [3.63, 3.8) is 0 Å². The van der Waals surface area contributed by atoms with E-state index >= 15 is 0 Å². The molecule has 5 rings (SSSR count). The molecule has 5 nitrogen and oxygen atoms in total. The third kappa shape index (κ3) is 1.03. The van der Waals surface area contributed by atoms with Crippen LogP contribution in [0.1, 0.15) is 5.56 Å². The molecule has 90 valence electrons. The summed E-state index contributed by atoms with van der Waals surface area (Å²) < 4.78 is 6.64. The Labute approximate surface area is 108 Å². The van der Waals surface area contributed by atoms with E-state index < -0.39 is 0 Å². The largest absolute Gasteiger partial charge is 0.375 e. The lowest BCUT2D eigenvalue weighted by atomic mass is 10.1. The highest BCUT2D eigenvalue weighted by atomic mass is 15.2. The number of fused-ring (bicyclic) bond motifs is 7. The Kier molecular flexibility index (Phi) is 1.46. The molecule has 0 amide bonds. The smallest absolute Gasteiger partial charge is 0.264 e. The van der Waals surface area contributed by atoms with Crippen molar-refractivity contribution in [1.82, 2.24) is 18.9 Å². The molecule has 0 radical (unpaired) electrons. The minimum Gasteiger partial charge on any atom is -0.264 e. The van der Waals surface area contributed by atoms with Gasteiger partial charge in [0.2, 0.25) is 0 Å². The third-order valence-electron chi connectivity index (χ3n) is 3.81. The van der Waals surface area contributed by atoms with Gasteiger partial charge >= 0.3 is 5.78 Å². The quantitative estimate of drug-likeness (QED) is 0.387. The lowest BCUT2D eigenvalue weighted by Gasteiger charge is -1.92. The Morgan fingerprint density at radius 2 is 2.05 bits per heavy atom. The van der Waals surface area contributed by atoms with Gasteiger partial charge in [0.1, 0.15) is 18.1 Å². The molecule has 4 aromatic rings. The molecule has 0 spiro atoms. The lowest BCUT2D eigenvalue weighted by molar-refractivity contribution is -0.508. The van der Waals surface area contributed by atoms with Crippen molar-refractivity contribution in [1.29, 1.82) is 0 Å². The second-order valence-electron chi connectivity index (χ2n) is 4.84. The molecule has 0 N–H and O–H groups in total. The number of pyridine rings is 1. The Morgan fingerprint density at radius 3 is 3.05 bits per heavy atom. The minimum absolute atomic E-state index is 0.878. The Hall–Kier alpha value is -2.69. The first-order valence-corrected chi connectivity index (χ1v) is 6.21. The van der Waals surface area contributed by atoms with E-state index in [-0.39, 0.29) is 0 Å². The van der Waals surface area contributed by atoms with Crippen LogP contribution in [0.3, 0.4) is 0 Å². The molecule has 0 saturated carbocycles. The second kappa shape index (κ2) is 3.00. The van der Waals surface area contributed by atoms with Crippen LogP contribution in [0.25, 0.3) is 22.6 Å². The van der Waals surface area contributed by atoms with Gasteiger partial charge in [-0.3, -0.25) is 9.97 Å². The van der Waals surface area contributed by atoms with Crippen LogP contribution in [0.5, 0.6) is 0 Å². The van der Waals surface area contributed by atoms with Gasteiger partial charge in [0.25, 0.3) is 0 Å². The van der Waals surface area contributed by atoms with Crippen molar-refractivity contribution >= 4 is 11.3 Å². The van der Waals surface area contributed by atoms with Crippen LogP contribution in [-0.2, 0) is 6.54 Å². The fraction of sp³-hybridized carbons (Fsp3) is 0.0714. The highest BCUT2D eigenvalue weighted by molar-refractivity contribution is 5.69. The Morgan fingerprint density at radius 1 is 1.11 bits per heavy atom. The van der Waals surface area contributed by atoms with E-state index in [0.717, 1.165) is 17.8 Å². The van der Waals surface area contributed by atoms with Gasteiger partial charge in [-0.05, 0) is 6.07 Å². The van der Waals surface area contributed by atoms with Crippen LogP contribution in [0, 0.1) is 0 Å². The zero-order chi connectivity index (χ0) is 12.4. The van der Waals surface area contributed by atoms with Gasteiger partial charge < -0.3 is 0 Å². The van der Waals surface area contributed by atoms with E-state index in [2.05, 4.69) is 41.8 Å². The maximum atomic E-state index is 4.21. The summed E-state index contributed by atoms with van der Waals surface area (Å²) in [5, 5.41) is 0. The first-order chi connectivity index (χ1) is 9.42. The van der Waals surface area contributed by atoms with E-state index in [1.807, 2.05) is 31.0 Å². The van der Waals surface area contributed by atoms with Crippen LogP contribution >= 0.6 is 0 Å². The van der Waals surface area contributed by atoms with Gasteiger partial charge in [0.05, 0.1) is 25.1 Å². The highest BCUT2D eigenvalue weighted by Crippen LogP contribution is 2.31. The van der Waals surface area contributed by atoms with Gasteiger partial charge in [0, 0.05) is 23.5 Å². The van der Waals surface area contributed by atoms with Gasteiger partial charge in [-0.2, -0.15) is 4.40 Å². The highest BCUT2D eigenvalue weighted by Gasteiger charge is 2.29. The SMILES string of the molecule is c1cc2c(cn1)Cn1c-2c[n+]2cc3cnccn3c12. The van der Waals surface area contributed by atoms with Crippen molar-refractivity contribution in [2.24, 2.45) is 0 Å². The Balaban J connectivity index is 1.94.